The average molecular weight is 251 g/mol. The average Bonchev–Trinajstić information content (AvgIpc) is 2.66. The van der Waals surface area contributed by atoms with E-state index in [2.05, 4.69) is 15.4 Å². The Hall–Kier alpha value is -1.13. The van der Waals surface area contributed by atoms with E-state index >= 15 is 0 Å². The lowest BCUT2D eigenvalue weighted by molar-refractivity contribution is 0.225. The number of nitrogens with one attached hydrogen (secondary N) is 1. The standard InChI is InChI=1S/C12H15ClN4/c1-14-8-12(5-2-6-12)11-15-10-4-3-9(13)7-17(10)16-11/h3-4,7,14H,2,5-6,8H2,1H3. The number of likely N-dealkylation sites (N-methyl/N-ethyl adjacent to an activating group) is 1. The predicted molar refractivity (Wildman–Crippen MR) is 67.5 cm³/mol. The van der Waals surface area contributed by atoms with Gasteiger partial charge in [0.15, 0.2) is 11.5 Å². The van der Waals surface area contributed by atoms with Gasteiger partial charge >= 0.3 is 0 Å². The highest BCUT2D eigenvalue weighted by molar-refractivity contribution is 6.30. The highest BCUT2D eigenvalue weighted by atomic mass is 35.5. The topological polar surface area (TPSA) is 42.2 Å². The summed E-state index contributed by atoms with van der Waals surface area (Å²) in [6.07, 6.45) is 5.40. The van der Waals surface area contributed by atoms with Crippen molar-refractivity contribution in [2.24, 2.45) is 0 Å². The first-order valence-corrected chi connectivity index (χ1v) is 6.28. The third-order valence-corrected chi connectivity index (χ3v) is 3.82. The lowest BCUT2D eigenvalue weighted by Gasteiger charge is -2.39. The lowest BCUT2D eigenvalue weighted by atomic mass is 9.68. The number of fused-ring (bicyclic) bond motifs is 1. The van der Waals surface area contributed by atoms with Gasteiger partial charge in [-0.05, 0) is 32.0 Å². The van der Waals surface area contributed by atoms with Crippen molar-refractivity contribution >= 4 is 17.2 Å². The zero-order valence-electron chi connectivity index (χ0n) is 9.78. The summed E-state index contributed by atoms with van der Waals surface area (Å²) in [5.74, 6) is 0.945. The van der Waals surface area contributed by atoms with E-state index in [1.165, 1.54) is 19.3 Å². The van der Waals surface area contributed by atoms with Crippen molar-refractivity contribution in [3.63, 3.8) is 0 Å². The van der Waals surface area contributed by atoms with Crippen molar-refractivity contribution in [1.82, 2.24) is 19.9 Å². The summed E-state index contributed by atoms with van der Waals surface area (Å²) in [6, 6.07) is 3.76. The first-order chi connectivity index (χ1) is 8.23. The van der Waals surface area contributed by atoms with Crippen molar-refractivity contribution in [3.05, 3.63) is 29.2 Å². The molecule has 1 aliphatic rings. The van der Waals surface area contributed by atoms with E-state index < -0.39 is 0 Å². The first kappa shape index (κ1) is 11.0. The molecule has 1 fully saturated rings. The molecule has 1 aliphatic carbocycles. The van der Waals surface area contributed by atoms with Crippen LogP contribution in [0.2, 0.25) is 5.02 Å². The Morgan fingerprint density at radius 1 is 1.47 bits per heavy atom. The van der Waals surface area contributed by atoms with Crippen LogP contribution < -0.4 is 5.32 Å². The summed E-state index contributed by atoms with van der Waals surface area (Å²) in [5, 5.41) is 8.50. The highest BCUT2D eigenvalue weighted by Crippen LogP contribution is 2.41. The second-order valence-corrected chi connectivity index (χ2v) is 5.19. The van der Waals surface area contributed by atoms with Crippen molar-refractivity contribution in [2.45, 2.75) is 24.7 Å². The second kappa shape index (κ2) is 3.96. The van der Waals surface area contributed by atoms with Gasteiger partial charge in [0.2, 0.25) is 0 Å². The van der Waals surface area contributed by atoms with E-state index in [0.29, 0.717) is 5.02 Å². The van der Waals surface area contributed by atoms with Crippen LogP contribution in [0.4, 0.5) is 0 Å². The molecule has 2 aromatic rings. The van der Waals surface area contributed by atoms with E-state index in [1.54, 1.807) is 10.7 Å². The molecule has 5 heteroatoms. The van der Waals surface area contributed by atoms with E-state index in [9.17, 15) is 0 Å². The van der Waals surface area contributed by atoms with Crippen LogP contribution in [0.3, 0.4) is 0 Å². The van der Waals surface area contributed by atoms with Gasteiger partial charge in [0, 0.05) is 18.2 Å². The SMILES string of the molecule is CNCC1(c2nc3ccc(Cl)cn3n2)CCC1. The van der Waals surface area contributed by atoms with Crippen LogP contribution in [0.5, 0.6) is 0 Å². The summed E-state index contributed by atoms with van der Waals surface area (Å²) >= 11 is 5.95. The number of halogens is 1. The molecule has 0 atom stereocenters. The van der Waals surface area contributed by atoms with Crippen LogP contribution in [0.15, 0.2) is 18.3 Å². The van der Waals surface area contributed by atoms with Gasteiger partial charge < -0.3 is 5.32 Å². The maximum Gasteiger partial charge on any atom is 0.159 e. The molecule has 1 N–H and O–H groups in total. The summed E-state index contributed by atoms with van der Waals surface area (Å²) in [6.45, 7) is 0.942. The number of pyridine rings is 1. The summed E-state index contributed by atoms with van der Waals surface area (Å²) < 4.78 is 1.77. The quantitative estimate of drug-likeness (QED) is 0.906. The summed E-state index contributed by atoms with van der Waals surface area (Å²) in [5.41, 5.74) is 1.000. The highest BCUT2D eigenvalue weighted by Gasteiger charge is 2.41. The fraction of sp³-hybridized carbons (Fsp3) is 0.500. The van der Waals surface area contributed by atoms with Gasteiger partial charge in [-0.1, -0.05) is 18.0 Å². The molecule has 3 rings (SSSR count). The molecule has 4 nitrogen and oxygen atoms in total. The number of nitrogens with zero attached hydrogens (tertiary/aromatic N) is 3. The molecule has 90 valence electrons. The monoisotopic (exact) mass is 250 g/mol. The zero-order valence-corrected chi connectivity index (χ0v) is 10.5. The Kier molecular flexibility index (Phi) is 2.56. The molecule has 0 spiro atoms. The third-order valence-electron chi connectivity index (χ3n) is 3.60. The van der Waals surface area contributed by atoms with Crippen molar-refractivity contribution < 1.29 is 0 Å². The maximum atomic E-state index is 5.95. The molecule has 2 heterocycles. The van der Waals surface area contributed by atoms with Gasteiger partial charge in [-0.3, -0.25) is 0 Å². The van der Waals surface area contributed by atoms with Crippen molar-refractivity contribution in [2.75, 3.05) is 13.6 Å². The molecule has 0 bridgehead atoms. The van der Waals surface area contributed by atoms with E-state index in [1.807, 2.05) is 19.2 Å². The van der Waals surface area contributed by atoms with Crippen LogP contribution in [0, 0.1) is 0 Å². The van der Waals surface area contributed by atoms with Crippen LogP contribution in [0.1, 0.15) is 25.1 Å². The number of rotatable bonds is 3. The molecule has 17 heavy (non-hydrogen) atoms. The van der Waals surface area contributed by atoms with Crippen LogP contribution in [-0.4, -0.2) is 28.2 Å². The van der Waals surface area contributed by atoms with Crippen molar-refractivity contribution in [3.8, 4) is 0 Å². The Morgan fingerprint density at radius 3 is 2.94 bits per heavy atom. The molecule has 0 radical (unpaired) electrons. The number of aromatic nitrogens is 3. The van der Waals surface area contributed by atoms with Gasteiger partial charge in [0.1, 0.15) is 0 Å². The molecule has 0 aliphatic heterocycles. The van der Waals surface area contributed by atoms with Crippen LogP contribution in [-0.2, 0) is 5.41 Å². The smallest absolute Gasteiger partial charge is 0.159 e. The largest absolute Gasteiger partial charge is 0.319 e. The van der Waals surface area contributed by atoms with Gasteiger partial charge in [0.25, 0.3) is 0 Å². The first-order valence-electron chi connectivity index (χ1n) is 5.91. The van der Waals surface area contributed by atoms with E-state index in [-0.39, 0.29) is 5.41 Å². The summed E-state index contributed by atoms with van der Waals surface area (Å²) in [7, 11) is 1.98. The van der Waals surface area contributed by atoms with Crippen LogP contribution in [0.25, 0.3) is 5.65 Å². The Labute approximate surface area is 105 Å². The zero-order chi connectivity index (χ0) is 11.9. The molecular formula is C12H15ClN4. The molecule has 0 aromatic carbocycles. The minimum Gasteiger partial charge on any atom is -0.319 e. The Balaban J connectivity index is 2.05. The second-order valence-electron chi connectivity index (χ2n) is 4.75. The minimum atomic E-state index is 0.132. The normalized spacial score (nSPS) is 18.2. The molecule has 0 amide bonds. The maximum absolute atomic E-state index is 5.95. The van der Waals surface area contributed by atoms with Crippen LogP contribution >= 0.6 is 11.6 Å². The summed E-state index contributed by atoms with van der Waals surface area (Å²) in [4.78, 5) is 4.62. The lowest BCUT2D eigenvalue weighted by Crippen LogP contribution is -2.43. The van der Waals surface area contributed by atoms with Gasteiger partial charge in [-0.15, -0.1) is 0 Å². The van der Waals surface area contributed by atoms with E-state index in [0.717, 1.165) is 18.0 Å². The van der Waals surface area contributed by atoms with Gasteiger partial charge in [-0.2, -0.15) is 5.10 Å². The molecule has 2 aromatic heterocycles. The fourth-order valence-electron chi connectivity index (χ4n) is 2.50. The van der Waals surface area contributed by atoms with E-state index in [4.69, 9.17) is 11.6 Å². The third kappa shape index (κ3) is 1.72. The predicted octanol–water partition coefficient (Wildman–Crippen LogP) is 2.02. The van der Waals surface area contributed by atoms with Crippen molar-refractivity contribution in [1.29, 1.82) is 0 Å². The Bertz CT molecular complexity index is 544. The molecule has 1 saturated carbocycles. The number of hydrogen-bond acceptors (Lipinski definition) is 3. The fourth-order valence-corrected chi connectivity index (χ4v) is 2.66. The molecule has 0 saturated heterocycles. The molecule has 0 unspecified atom stereocenters. The number of hydrogen-bond donors (Lipinski definition) is 1. The molecular weight excluding hydrogens is 236 g/mol. The minimum absolute atomic E-state index is 0.132. The van der Waals surface area contributed by atoms with Gasteiger partial charge in [0.05, 0.1) is 5.02 Å². The Morgan fingerprint density at radius 2 is 2.29 bits per heavy atom. The van der Waals surface area contributed by atoms with Gasteiger partial charge in [-0.25, -0.2) is 9.50 Å².